The molecule has 0 saturated carbocycles. The van der Waals surface area contributed by atoms with Crippen LogP contribution in [-0.4, -0.2) is 21.0 Å². The number of carboxylic acids is 1. The van der Waals surface area contributed by atoms with Gasteiger partial charge in [0, 0.05) is 61.4 Å². The summed E-state index contributed by atoms with van der Waals surface area (Å²) in [4.78, 5) is 17.3. The minimum absolute atomic E-state index is 0. The summed E-state index contributed by atoms with van der Waals surface area (Å²) in [5.41, 5.74) is 4.83. The van der Waals surface area contributed by atoms with Gasteiger partial charge in [-0.25, -0.2) is 23.5 Å². The topological polar surface area (TPSA) is 89.1 Å². The molecule has 13 heteroatoms. The molecule has 2 heterocycles. The molecule has 5 nitrogen and oxygen atoms in total. The van der Waals surface area contributed by atoms with E-state index in [1.54, 1.807) is 13.8 Å². The molecule has 0 fully saturated rings. The Kier molecular flexibility index (Phi) is 15.2. The van der Waals surface area contributed by atoms with Crippen molar-refractivity contribution in [2.75, 3.05) is 5.73 Å². The number of halogens is 7. The Balaban J connectivity index is 0. The molecular formula is C15H14Cl2F3I2N3O2V. The fraction of sp³-hybridized carbons (Fsp3) is 0.267. The molecule has 0 saturated heterocycles. The molecule has 0 aliphatic rings. The van der Waals surface area contributed by atoms with Crippen LogP contribution in [0.25, 0.3) is 0 Å². The largest absolute Gasteiger partial charge is 0.476 e. The van der Waals surface area contributed by atoms with Crippen LogP contribution >= 0.6 is 60.4 Å². The van der Waals surface area contributed by atoms with Crippen LogP contribution < -0.4 is 5.73 Å². The maximum absolute atomic E-state index is 13.0. The van der Waals surface area contributed by atoms with Gasteiger partial charge in [0.1, 0.15) is 0 Å². The monoisotopic (exact) mass is 700 g/mol. The minimum Gasteiger partial charge on any atom is -0.476 e. The summed E-state index contributed by atoms with van der Waals surface area (Å²) in [6, 6.07) is 0. The molecular weight excluding hydrogens is 687 g/mol. The number of hydrogen-bond donors (Lipinski definition) is 2. The van der Waals surface area contributed by atoms with Gasteiger partial charge in [-0.2, -0.15) is 4.39 Å². The molecule has 0 atom stereocenters. The molecule has 0 aliphatic heterocycles. The molecule has 2 aromatic heterocycles. The third kappa shape index (κ3) is 7.67. The second-order valence-corrected chi connectivity index (χ2v) is 5.60. The van der Waals surface area contributed by atoms with Gasteiger partial charge in [0.15, 0.2) is 17.3 Å². The van der Waals surface area contributed by atoms with Crippen LogP contribution in [-0.2, 0) is 25.0 Å². The first-order chi connectivity index (χ1) is 12.5. The molecule has 3 N–H and O–H groups in total. The summed E-state index contributed by atoms with van der Waals surface area (Å²) >= 11 is 15.4. The second kappa shape index (κ2) is 14.1. The van der Waals surface area contributed by atoms with Crippen LogP contribution in [0.3, 0.4) is 0 Å². The van der Waals surface area contributed by atoms with Crippen LogP contribution in [0.1, 0.15) is 34.4 Å². The van der Waals surface area contributed by atoms with Crippen molar-refractivity contribution in [1.29, 1.82) is 0 Å². The summed E-state index contributed by atoms with van der Waals surface area (Å²) in [5.74, 6) is -4.13. The molecule has 0 aromatic carbocycles. The average Bonchev–Trinajstić information content (AvgIpc) is 2.64. The first-order valence-electron chi connectivity index (χ1n) is 7.01. The maximum atomic E-state index is 13.0. The Morgan fingerprint density at radius 3 is 2.00 bits per heavy atom. The van der Waals surface area contributed by atoms with Gasteiger partial charge in [0.05, 0.1) is 27.1 Å². The maximum Gasteiger partial charge on any atom is 0.356 e. The van der Waals surface area contributed by atoms with E-state index in [1.165, 1.54) is 6.92 Å². The third-order valence-electron chi connectivity index (χ3n) is 3.13. The van der Waals surface area contributed by atoms with Gasteiger partial charge >= 0.3 is 5.97 Å². The predicted molar refractivity (Wildman–Crippen MR) is 117 cm³/mol. The smallest absolute Gasteiger partial charge is 0.356 e. The van der Waals surface area contributed by atoms with E-state index in [-0.39, 0.29) is 45.5 Å². The van der Waals surface area contributed by atoms with Gasteiger partial charge in [0.25, 0.3) is 0 Å². The standard InChI is InChI=1S/C8H8ClF2N.C7H6ClFN2O2.I2.V/c1-3-5-6(9)4(2)12-8(11)7(5)10;1-2-4(9)5(10)3(8)6(11-2)7(12)13;1-2;/h3H2,1-2H3;1H3,(H2,10,11)(H,12,13);;. The molecule has 0 bridgehead atoms. The zero-order valence-electron chi connectivity index (χ0n) is 14.6. The van der Waals surface area contributed by atoms with Crippen molar-refractivity contribution in [1.82, 2.24) is 9.97 Å². The van der Waals surface area contributed by atoms with Crippen molar-refractivity contribution in [3.8, 4) is 0 Å². The van der Waals surface area contributed by atoms with E-state index in [9.17, 15) is 18.0 Å². The molecule has 155 valence electrons. The van der Waals surface area contributed by atoms with Gasteiger partial charge in [-0.3, -0.25) is 0 Å². The van der Waals surface area contributed by atoms with Crippen molar-refractivity contribution >= 4 is 72.1 Å². The van der Waals surface area contributed by atoms with E-state index < -0.39 is 29.2 Å². The van der Waals surface area contributed by atoms with E-state index >= 15 is 0 Å². The summed E-state index contributed by atoms with van der Waals surface area (Å²) in [5, 5.41) is 8.43. The Hall–Kier alpha value is -0.0156. The van der Waals surface area contributed by atoms with E-state index in [0.29, 0.717) is 12.1 Å². The van der Waals surface area contributed by atoms with Crippen molar-refractivity contribution in [3.63, 3.8) is 0 Å². The number of aromatic nitrogens is 2. The van der Waals surface area contributed by atoms with E-state index in [2.05, 4.69) is 47.2 Å². The number of nitrogen functional groups attached to an aromatic ring is 1. The quantitative estimate of drug-likeness (QED) is 0.292. The Morgan fingerprint density at radius 1 is 1.07 bits per heavy atom. The van der Waals surface area contributed by atoms with Crippen LogP contribution in [0.4, 0.5) is 18.9 Å². The number of aromatic carboxylic acids is 1. The molecule has 0 spiro atoms. The molecule has 28 heavy (non-hydrogen) atoms. The number of pyridine rings is 2. The molecule has 2 aromatic rings. The summed E-state index contributed by atoms with van der Waals surface area (Å²) < 4.78 is 38.6. The van der Waals surface area contributed by atoms with Crippen LogP contribution in [0, 0.1) is 31.4 Å². The van der Waals surface area contributed by atoms with Gasteiger partial charge in [0.2, 0.25) is 5.95 Å². The molecule has 1 radical (unpaired) electrons. The predicted octanol–water partition coefficient (Wildman–Crippen LogP) is 6.12. The number of aryl methyl sites for hydroxylation is 2. The first kappa shape index (κ1) is 30.2. The normalized spacial score (nSPS) is 9.36. The van der Waals surface area contributed by atoms with Crippen molar-refractivity contribution in [3.05, 3.63) is 50.3 Å². The van der Waals surface area contributed by atoms with Crippen molar-refractivity contribution in [2.24, 2.45) is 0 Å². The molecule has 0 aliphatic carbocycles. The van der Waals surface area contributed by atoms with Gasteiger partial charge in [-0.15, -0.1) is 0 Å². The average molecular weight is 701 g/mol. The number of carbonyl (C=O) groups is 1. The van der Waals surface area contributed by atoms with Crippen LogP contribution in [0.2, 0.25) is 10.0 Å². The first-order valence-corrected chi connectivity index (χ1v) is 14.1. The summed E-state index contributed by atoms with van der Waals surface area (Å²) in [7, 11) is 0. The fourth-order valence-electron chi connectivity index (χ4n) is 1.82. The molecule has 0 amide bonds. The number of anilines is 1. The van der Waals surface area contributed by atoms with Gasteiger partial charge in [-0.05, 0) is 20.3 Å². The van der Waals surface area contributed by atoms with Crippen molar-refractivity contribution in [2.45, 2.75) is 27.2 Å². The SMILES string of the molecule is CCc1c(F)c(F)nc(C)c1Cl.Cc1nc(C(=O)O)c(Cl)c(N)c1F.II.[V]. The summed E-state index contributed by atoms with van der Waals surface area (Å²) in [6.07, 6.45) is 0.366. The minimum atomic E-state index is -1.33. The number of nitrogens with two attached hydrogens (primary N) is 1. The molecule has 2 rings (SSSR count). The summed E-state index contributed by atoms with van der Waals surface area (Å²) in [6.45, 7) is 4.57. The molecule has 0 unspecified atom stereocenters. The number of carboxylic acid groups (broad SMARTS) is 1. The Labute approximate surface area is 205 Å². The zero-order chi connectivity index (χ0) is 21.5. The van der Waals surface area contributed by atoms with Crippen molar-refractivity contribution < 1.29 is 41.6 Å². The second-order valence-electron chi connectivity index (χ2n) is 4.84. The van der Waals surface area contributed by atoms with Gasteiger partial charge in [-0.1, -0.05) is 30.1 Å². The Morgan fingerprint density at radius 2 is 1.57 bits per heavy atom. The number of rotatable bonds is 2. The number of hydrogen-bond acceptors (Lipinski definition) is 4. The van der Waals surface area contributed by atoms with Gasteiger partial charge < -0.3 is 10.8 Å². The van der Waals surface area contributed by atoms with E-state index in [0.717, 1.165) is 0 Å². The van der Waals surface area contributed by atoms with Crippen LogP contribution in [0.5, 0.6) is 0 Å². The number of nitrogens with zero attached hydrogens (tertiary/aromatic N) is 2. The zero-order valence-corrected chi connectivity index (χ0v) is 21.9. The van der Waals surface area contributed by atoms with Crippen LogP contribution in [0.15, 0.2) is 0 Å². The van der Waals surface area contributed by atoms with E-state index in [1.807, 2.05) is 0 Å². The Bertz CT molecular complexity index is 823. The van der Waals surface area contributed by atoms with E-state index in [4.69, 9.17) is 34.0 Å². The fourth-order valence-corrected chi connectivity index (χ4v) is 2.29. The third-order valence-corrected chi connectivity index (χ3v) is 4.01.